The van der Waals surface area contributed by atoms with Gasteiger partial charge >= 0.3 is 0 Å². The first-order valence-corrected chi connectivity index (χ1v) is 10.2. The van der Waals surface area contributed by atoms with Crippen molar-refractivity contribution in [1.29, 1.82) is 10.5 Å². The van der Waals surface area contributed by atoms with Gasteiger partial charge in [0.05, 0.1) is 38.1 Å². The van der Waals surface area contributed by atoms with Crippen LogP contribution in [0.5, 0.6) is 0 Å². The van der Waals surface area contributed by atoms with Gasteiger partial charge in [-0.15, -0.1) is 0 Å². The highest BCUT2D eigenvalue weighted by Crippen LogP contribution is 2.25. The first-order valence-electron chi connectivity index (χ1n) is 8.57. The van der Waals surface area contributed by atoms with Crippen LogP contribution in [-0.2, 0) is 0 Å². The molecular formula is C20H22Br2N4+2. The number of hydrogen-bond acceptors (Lipinski definition) is 2. The van der Waals surface area contributed by atoms with E-state index in [1.54, 1.807) is 0 Å². The van der Waals surface area contributed by atoms with Crippen molar-refractivity contribution in [2.24, 2.45) is 0 Å². The van der Waals surface area contributed by atoms with E-state index < -0.39 is 0 Å². The van der Waals surface area contributed by atoms with E-state index in [0.717, 1.165) is 22.0 Å². The zero-order chi connectivity index (χ0) is 18.8. The second-order valence-corrected chi connectivity index (χ2v) is 7.85. The van der Waals surface area contributed by atoms with E-state index in [-0.39, 0.29) is 12.1 Å². The summed E-state index contributed by atoms with van der Waals surface area (Å²) in [7, 11) is 0. The first kappa shape index (κ1) is 20.6. The normalized spacial score (nSPS) is 12.8. The maximum atomic E-state index is 8.92. The Labute approximate surface area is 171 Å². The SMILES string of the molecule is N#CCC[NH2+][C@H](c1ccc(Br)cc1)[C@H]([NH2+]CCC#N)c1ccc(Br)cc1. The minimum Gasteiger partial charge on any atom is -0.334 e. The summed E-state index contributed by atoms with van der Waals surface area (Å²) < 4.78 is 2.09. The van der Waals surface area contributed by atoms with Crippen LogP contribution in [0.1, 0.15) is 36.1 Å². The molecule has 0 saturated heterocycles. The summed E-state index contributed by atoms with van der Waals surface area (Å²) in [5.41, 5.74) is 2.43. The molecule has 0 saturated carbocycles. The second-order valence-electron chi connectivity index (χ2n) is 6.02. The number of nitrogens with two attached hydrogens (primary N) is 2. The topological polar surface area (TPSA) is 80.8 Å². The molecule has 4 nitrogen and oxygen atoms in total. The Balaban J connectivity index is 2.34. The molecule has 0 aliphatic rings. The van der Waals surface area contributed by atoms with Gasteiger partial charge in [-0.1, -0.05) is 56.1 Å². The molecule has 0 unspecified atom stereocenters. The number of hydrogen-bond donors (Lipinski definition) is 2. The number of quaternary nitrogens is 2. The van der Waals surface area contributed by atoms with E-state index >= 15 is 0 Å². The molecule has 2 atom stereocenters. The average molecular weight is 478 g/mol. The molecule has 0 fully saturated rings. The largest absolute Gasteiger partial charge is 0.334 e. The van der Waals surface area contributed by atoms with E-state index in [4.69, 9.17) is 10.5 Å². The lowest BCUT2D eigenvalue weighted by Crippen LogP contribution is -2.96. The predicted molar refractivity (Wildman–Crippen MR) is 108 cm³/mol. The van der Waals surface area contributed by atoms with Gasteiger partial charge in [0.25, 0.3) is 0 Å². The van der Waals surface area contributed by atoms with Crippen molar-refractivity contribution in [2.45, 2.75) is 24.9 Å². The monoisotopic (exact) mass is 476 g/mol. The molecule has 26 heavy (non-hydrogen) atoms. The summed E-state index contributed by atoms with van der Waals surface area (Å²) in [6.45, 7) is 1.49. The molecule has 2 aromatic rings. The predicted octanol–water partition coefficient (Wildman–Crippen LogP) is 2.95. The lowest BCUT2D eigenvalue weighted by Gasteiger charge is -2.24. The lowest BCUT2D eigenvalue weighted by atomic mass is 9.93. The van der Waals surface area contributed by atoms with Gasteiger partial charge in [0.2, 0.25) is 0 Å². The number of nitriles is 2. The average Bonchev–Trinajstić information content (AvgIpc) is 2.65. The summed E-state index contributed by atoms with van der Waals surface area (Å²) >= 11 is 6.99. The van der Waals surface area contributed by atoms with Crippen molar-refractivity contribution in [2.75, 3.05) is 13.1 Å². The van der Waals surface area contributed by atoms with Crippen LogP contribution in [-0.4, -0.2) is 13.1 Å². The Kier molecular flexibility index (Phi) is 8.80. The molecule has 0 heterocycles. The van der Waals surface area contributed by atoms with Gasteiger partial charge in [-0.2, -0.15) is 10.5 Å². The smallest absolute Gasteiger partial charge is 0.168 e. The van der Waals surface area contributed by atoms with Crippen LogP contribution in [0.3, 0.4) is 0 Å². The fraction of sp³-hybridized carbons (Fsp3) is 0.300. The van der Waals surface area contributed by atoms with E-state index in [9.17, 15) is 0 Å². The van der Waals surface area contributed by atoms with Crippen LogP contribution in [0, 0.1) is 22.7 Å². The molecule has 2 rings (SSSR count). The molecule has 4 N–H and O–H groups in total. The Hall–Kier alpha value is -1.70. The number of rotatable bonds is 9. The van der Waals surface area contributed by atoms with Crippen molar-refractivity contribution in [3.63, 3.8) is 0 Å². The number of halogens is 2. The Morgan fingerprint density at radius 2 is 1.04 bits per heavy atom. The molecule has 0 bridgehead atoms. The maximum Gasteiger partial charge on any atom is 0.168 e. The van der Waals surface area contributed by atoms with Crippen molar-refractivity contribution < 1.29 is 10.6 Å². The summed E-state index contributed by atoms with van der Waals surface area (Å²) in [6.07, 6.45) is 1.02. The molecule has 0 radical (unpaired) electrons. The second kappa shape index (κ2) is 11.1. The third-order valence-electron chi connectivity index (χ3n) is 4.25. The molecule has 0 spiro atoms. The summed E-state index contributed by atoms with van der Waals surface area (Å²) in [6, 6.07) is 21.5. The van der Waals surface area contributed by atoms with Gasteiger partial charge in [-0.25, -0.2) is 0 Å². The van der Waals surface area contributed by atoms with Gasteiger partial charge in [0.1, 0.15) is 0 Å². The van der Waals surface area contributed by atoms with Crippen molar-refractivity contribution in [1.82, 2.24) is 0 Å². The van der Waals surface area contributed by atoms with Crippen LogP contribution in [0.15, 0.2) is 57.5 Å². The van der Waals surface area contributed by atoms with Gasteiger partial charge in [-0.05, 0) is 24.3 Å². The van der Waals surface area contributed by atoms with Crippen LogP contribution >= 0.6 is 31.9 Å². The maximum absolute atomic E-state index is 8.92. The third kappa shape index (κ3) is 6.23. The van der Waals surface area contributed by atoms with Crippen LogP contribution < -0.4 is 10.6 Å². The Morgan fingerprint density at radius 1 is 0.692 bits per heavy atom. The molecular weight excluding hydrogens is 456 g/mol. The standard InChI is InChI=1S/C20H20Br2N4/c21-17-7-3-15(4-8-17)19(25-13-1-11-23)20(26-14-2-12-24)16-5-9-18(22)10-6-16/h3-10,19-20,25-26H,1-2,13-14H2/p+2/t19-,20-/m1/s1. The Morgan fingerprint density at radius 3 is 1.35 bits per heavy atom. The molecule has 134 valence electrons. The van der Waals surface area contributed by atoms with Gasteiger partial charge in [0.15, 0.2) is 12.1 Å². The number of benzene rings is 2. The highest BCUT2D eigenvalue weighted by atomic mass is 79.9. The highest BCUT2D eigenvalue weighted by molar-refractivity contribution is 9.10. The summed E-state index contributed by atoms with van der Waals surface area (Å²) in [5, 5.41) is 22.3. The highest BCUT2D eigenvalue weighted by Gasteiger charge is 2.30. The minimum absolute atomic E-state index is 0.163. The zero-order valence-electron chi connectivity index (χ0n) is 14.4. The van der Waals surface area contributed by atoms with E-state index in [1.807, 2.05) is 24.3 Å². The van der Waals surface area contributed by atoms with Crippen molar-refractivity contribution >= 4 is 31.9 Å². The quantitative estimate of drug-likeness (QED) is 0.544. The van der Waals surface area contributed by atoms with E-state index in [2.05, 4.69) is 78.9 Å². The molecule has 2 aromatic carbocycles. The van der Waals surface area contributed by atoms with Crippen LogP contribution in [0.25, 0.3) is 0 Å². The molecule has 0 aliphatic heterocycles. The molecule has 0 amide bonds. The Bertz CT molecular complexity index is 693. The molecule has 0 aromatic heterocycles. The van der Waals surface area contributed by atoms with Gasteiger partial charge < -0.3 is 10.6 Å². The first-order chi connectivity index (χ1) is 12.7. The van der Waals surface area contributed by atoms with Gasteiger partial charge in [0, 0.05) is 20.1 Å². The van der Waals surface area contributed by atoms with Crippen molar-refractivity contribution in [3.8, 4) is 12.1 Å². The van der Waals surface area contributed by atoms with E-state index in [0.29, 0.717) is 12.8 Å². The summed E-state index contributed by atoms with van der Waals surface area (Å²) in [4.78, 5) is 0. The summed E-state index contributed by atoms with van der Waals surface area (Å²) in [5.74, 6) is 0. The van der Waals surface area contributed by atoms with E-state index in [1.165, 1.54) is 11.1 Å². The van der Waals surface area contributed by atoms with Crippen LogP contribution in [0.4, 0.5) is 0 Å². The fourth-order valence-corrected chi connectivity index (χ4v) is 3.53. The minimum atomic E-state index is 0.163. The van der Waals surface area contributed by atoms with Crippen LogP contribution in [0.2, 0.25) is 0 Å². The molecule has 6 heteroatoms. The van der Waals surface area contributed by atoms with Crippen molar-refractivity contribution in [3.05, 3.63) is 68.6 Å². The van der Waals surface area contributed by atoms with Gasteiger partial charge in [-0.3, -0.25) is 0 Å². The lowest BCUT2D eigenvalue weighted by molar-refractivity contribution is -0.784. The number of nitrogens with zero attached hydrogens (tertiary/aromatic N) is 2. The third-order valence-corrected chi connectivity index (χ3v) is 5.31. The molecule has 0 aliphatic carbocycles. The fourth-order valence-electron chi connectivity index (χ4n) is 3.00. The zero-order valence-corrected chi connectivity index (χ0v) is 17.6.